The van der Waals surface area contributed by atoms with Gasteiger partial charge in [-0.3, -0.25) is 0 Å². The third-order valence-electron chi connectivity index (χ3n) is 3.66. The third kappa shape index (κ3) is 2.79. The fraction of sp³-hybridized carbons (Fsp3) is 0.0526. The van der Waals surface area contributed by atoms with Crippen molar-refractivity contribution in [2.75, 3.05) is 0 Å². The molecule has 0 aliphatic carbocycles. The van der Waals surface area contributed by atoms with Crippen LogP contribution in [0.5, 0.6) is 11.5 Å². The van der Waals surface area contributed by atoms with Crippen molar-refractivity contribution in [1.82, 2.24) is 14.5 Å². The minimum absolute atomic E-state index is 0.571. The van der Waals surface area contributed by atoms with Gasteiger partial charge in [-0.25, -0.2) is 9.97 Å². The highest BCUT2D eigenvalue weighted by atomic mass is 16.5. The first kappa shape index (κ1) is 14.3. The van der Waals surface area contributed by atoms with Crippen molar-refractivity contribution in [1.29, 1.82) is 0 Å². The number of nitrogens with zero attached hydrogens (tertiary/aromatic N) is 3. The molecule has 0 aliphatic rings. The molecule has 0 unspecified atom stereocenters. The molecule has 4 rings (SSSR count). The van der Waals surface area contributed by atoms with Gasteiger partial charge in [0.15, 0.2) is 0 Å². The summed E-state index contributed by atoms with van der Waals surface area (Å²) in [5, 5.41) is 0. The topological polar surface area (TPSA) is 53.1 Å². The molecule has 0 bridgehead atoms. The van der Waals surface area contributed by atoms with Crippen LogP contribution >= 0.6 is 0 Å². The van der Waals surface area contributed by atoms with Crippen LogP contribution in [0.25, 0.3) is 22.8 Å². The number of aryl methyl sites for hydroxylation is 1. The van der Waals surface area contributed by atoms with E-state index >= 15 is 0 Å². The van der Waals surface area contributed by atoms with Crippen molar-refractivity contribution in [3.05, 3.63) is 73.4 Å². The molecule has 2 heterocycles. The molecule has 118 valence electrons. The monoisotopic (exact) mass is 317 g/mol. The molecule has 4 aromatic rings. The van der Waals surface area contributed by atoms with Gasteiger partial charge in [-0.1, -0.05) is 18.2 Å². The number of hydrogen-bond donors (Lipinski definition) is 0. The molecule has 2 aromatic heterocycles. The molecule has 0 aliphatic heterocycles. The maximum Gasteiger partial charge on any atom is 0.225 e. The number of ether oxygens (including phenoxy) is 1. The van der Waals surface area contributed by atoms with Crippen LogP contribution in [-0.2, 0) is 7.05 Å². The molecule has 5 nitrogen and oxygen atoms in total. The van der Waals surface area contributed by atoms with Gasteiger partial charge in [0, 0.05) is 30.6 Å². The molecule has 0 N–H and O–H groups in total. The molecule has 0 spiro atoms. The molecule has 0 fully saturated rings. The normalized spacial score (nSPS) is 10.7. The van der Waals surface area contributed by atoms with Gasteiger partial charge in [-0.15, -0.1) is 0 Å². The summed E-state index contributed by atoms with van der Waals surface area (Å²) in [7, 11) is 1.97. The third-order valence-corrected chi connectivity index (χ3v) is 3.66. The molecule has 2 aromatic carbocycles. The Kier molecular flexibility index (Phi) is 3.59. The maximum atomic E-state index is 5.99. The van der Waals surface area contributed by atoms with Gasteiger partial charge in [0.25, 0.3) is 0 Å². The summed E-state index contributed by atoms with van der Waals surface area (Å²) in [4.78, 5) is 8.53. The summed E-state index contributed by atoms with van der Waals surface area (Å²) in [6.07, 6.45) is 6.88. The standard InChI is InChI=1S/C19H15N3O2/c1-22-10-8-20-18(22)14-4-2-6-16(12-14)24-17-7-3-5-15(13-17)19-21-9-11-23-19/h2-13H,1H3. The molecular weight excluding hydrogens is 302 g/mol. The molecule has 5 heteroatoms. The highest BCUT2D eigenvalue weighted by Gasteiger charge is 2.07. The second kappa shape index (κ2) is 6.04. The van der Waals surface area contributed by atoms with Crippen molar-refractivity contribution in [2.24, 2.45) is 7.05 Å². The summed E-state index contributed by atoms with van der Waals surface area (Å²) in [5.74, 6) is 2.94. The lowest BCUT2D eigenvalue weighted by molar-refractivity contribution is 0.482. The van der Waals surface area contributed by atoms with Gasteiger partial charge in [-0.2, -0.15) is 0 Å². The average Bonchev–Trinajstić information content (AvgIpc) is 3.27. The Morgan fingerprint density at radius 3 is 2.33 bits per heavy atom. The lowest BCUT2D eigenvalue weighted by Crippen LogP contribution is -1.92. The number of oxazole rings is 1. The average molecular weight is 317 g/mol. The van der Waals surface area contributed by atoms with Crippen LogP contribution in [0.3, 0.4) is 0 Å². The van der Waals surface area contributed by atoms with Crippen LogP contribution in [-0.4, -0.2) is 14.5 Å². The fourth-order valence-electron chi connectivity index (χ4n) is 2.54. The minimum atomic E-state index is 0.571. The maximum absolute atomic E-state index is 5.99. The predicted octanol–water partition coefficient (Wildman–Crippen LogP) is 4.53. The second-order valence-corrected chi connectivity index (χ2v) is 5.36. The number of imidazole rings is 1. The first-order valence-electron chi connectivity index (χ1n) is 7.55. The smallest absolute Gasteiger partial charge is 0.225 e. The van der Waals surface area contributed by atoms with Gasteiger partial charge < -0.3 is 13.7 Å². The summed E-state index contributed by atoms with van der Waals surface area (Å²) < 4.78 is 13.3. The zero-order valence-corrected chi connectivity index (χ0v) is 13.1. The minimum Gasteiger partial charge on any atom is -0.457 e. The number of aromatic nitrogens is 3. The summed E-state index contributed by atoms with van der Waals surface area (Å²) in [5.41, 5.74) is 1.88. The van der Waals surface area contributed by atoms with Gasteiger partial charge >= 0.3 is 0 Å². The Labute approximate surface area is 139 Å². The van der Waals surface area contributed by atoms with Crippen LogP contribution < -0.4 is 4.74 Å². The van der Waals surface area contributed by atoms with Crippen molar-refractivity contribution >= 4 is 0 Å². The van der Waals surface area contributed by atoms with Crippen molar-refractivity contribution in [3.63, 3.8) is 0 Å². The van der Waals surface area contributed by atoms with E-state index in [1.54, 1.807) is 18.7 Å². The van der Waals surface area contributed by atoms with Gasteiger partial charge in [0.2, 0.25) is 5.89 Å². The largest absolute Gasteiger partial charge is 0.457 e. The summed E-state index contributed by atoms with van der Waals surface area (Å²) >= 11 is 0. The van der Waals surface area contributed by atoms with E-state index < -0.39 is 0 Å². The number of benzene rings is 2. The molecule has 0 saturated carbocycles. The Morgan fingerprint density at radius 1 is 0.917 bits per heavy atom. The van der Waals surface area contributed by atoms with E-state index in [4.69, 9.17) is 9.15 Å². The van der Waals surface area contributed by atoms with E-state index in [1.165, 1.54) is 0 Å². The zero-order chi connectivity index (χ0) is 16.4. The molecule has 0 radical (unpaired) electrons. The lowest BCUT2D eigenvalue weighted by atomic mass is 10.2. The Hall–Kier alpha value is -3.34. The van der Waals surface area contributed by atoms with E-state index in [-0.39, 0.29) is 0 Å². The Morgan fingerprint density at radius 2 is 1.67 bits per heavy atom. The summed E-state index contributed by atoms with van der Waals surface area (Å²) in [6.45, 7) is 0. The first-order chi connectivity index (χ1) is 11.8. The van der Waals surface area contributed by atoms with E-state index in [2.05, 4.69) is 9.97 Å². The molecular formula is C19H15N3O2. The summed E-state index contributed by atoms with van der Waals surface area (Å²) in [6, 6.07) is 15.5. The Bertz CT molecular complexity index is 958. The van der Waals surface area contributed by atoms with Crippen LogP contribution in [0.1, 0.15) is 0 Å². The lowest BCUT2D eigenvalue weighted by Gasteiger charge is -2.08. The van der Waals surface area contributed by atoms with Crippen LogP contribution in [0.15, 0.2) is 77.8 Å². The Balaban J connectivity index is 1.62. The molecule has 0 saturated heterocycles. The number of hydrogen-bond acceptors (Lipinski definition) is 4. The van der Waals surface area contributed by atoms with E-state index in [0.717, 1.165) is 28.5 Å². The first-order valence-corrected chi connectivity index (χ1v) is 7.55. The van der Waals surface area contributed by atoms with Crippen molar-refractivity contribution < 1.29 is 9.15 Å². The van der Waals surface area contributed by atoms with Gasteiger partial charge in [0.05, 0.1) is 6.20 Å². The molecule has 0 atom stereocenters. The highest BCUT2D eigenvalue weighted by molar-refractivity contribution is 5.59. The fourth-order valence-corrected chi connectivity index (χ4v) is 2.54. The van der Waals surface area contributed by atoms with Crippen molar-refractivity contribution in [2.45, 2.75) is 0 Å². The van der Waals surface area contributed by atoms with Gasteiger partial charge in [-0.05, 0) is 30.3 Å². The van der Waals surface area contributed by atoms with E-state index in [9.17, 15) is 0 Å². The number of rotatable bonds is 4. The zero-order valence-electron chi connectivity index (χ0n) is 13.1. The van der Waals surface area contributed by atoms with Crippen molar-refractivity contribution in [3.8, 4) is 34.3 Å². The van der Waals surface area contributed by atoms with Crippen LogP contribution in [0, 0.1) is 0 Å². The second-order valence-electron chi connectivity index (χ2n) is 5.36. The van der Waals surface area contributed by atoms with Crippen LogP contribution in [0.4, 0.5) is 0 Å². The van der Waals surface area contributed by atoms with E-state index in [1.807, 2.05) is 66.3 Å². The van der Waals surface area contributed by atoms with E-state index in [0.29, 0.717) is 5.89 Å². The molecule has 24 heavy (non-hydrogen) atoms. The molecule has 0 amide bonds. The van der Waals surface area contributed by atoms with Gasteiger partial charge in [0.1, 0.15) is 23.6 Å². The predicted molar refractivity (Wildman–Crippen MR) is 90.7 cm³/mol. The SMILES string of the molecule is Cn1ccnc1-c1cccc(Oc2cccc(-c3ncco3)c2)c1. The highest BCUT2D eigenvalue weighted by Crippen LogP contribution is 2.29. The van der Waals surface area contributed by atoms with Crippen LogP contribution in [0.2, 0.25) is 0 Å². The quantitative estimate of drug-likeness (QED) is 0.555.